The first-order valence-electron chi connectivity index (χ1n) is 11.7. The van der Waals surface area contributed by atoms with Crippen LogP contribution in [0.15, 0.2) is 86.2 Å². The zero-order valence-electron chi connectivity index (χ0n) is 20.2. The maximum absolute atomic E-state index is 5.86. The topological polar surface area (TPSA) is 48.3 Å². The third kappa shape index (κ3) is 4.86. The Labute approximate surface area is 202 Å². The molecule has 1 atom stereocenters. The molecule has 0 saturated heterocycles. The molecule has 2 N–H and O–H groups in total. The number of ether oxygens (including phenoxy) is 1. The lowest BCUT2D eigenvalue weighted by atomic mass is 9.95. The average molecular weight is 451 g/mol. The molecule has 0 bridgehead atoms. The van der Waals surface area contributed by atoms with Gasteiger partial charge >= 0.3 is 0 Å². The van der Waals surface area contributed by atoms with Gasteiger partial charge in [0.2, 0.25) is 0 Å². The van der Waals surface area contributed by atoms with Gasteiger partial charge in [0, 0.05) is 29.9 Å². The number of aromatic nitrogens is 2. The fourth-order valence-electron chi connectivity index (χ4n) is 4.08. The van der Waals surface area contributed by atoms with E-state index >= 15 is 0 Å². The second-order valence-electron chi connectivity index (χ2n) is 8.58. The normalized spacial score (nSPS) is 11.7. The Kier molecular flexibility index (Phi) is 7.07. The molecule has 34 heavy (non-hydrogen) atoms. The molecule has 4 aromatic rings. The molecule has 2 heterocycles. The summed E-state index contributed by atoms with van der Waals surface area (Å²) in [5, 5.41) is 4.25. The summed E-state index contributed by atoms with van der Waals surface area (Å²) < 4.78 is 5.86. The third-order valence-electron chi connectivity index (χ3n) is 6.27. The van der Waals surface area contributed by atoms with E-state index in [9.17, 15) is 0 Å². The summed E-state index contributed by atoms with van der Waals surface area (Å²) >= 11 is 0. The average Bonchev–Trinajstić information content (AvgIpc) is 2.88. The van der Waals surface area contributed by atoms with Crippen molar-refractivity contribution >= 4 is 16.6 Å². The van der Waals surface area contributed by atoms with Gasteiger partial charge in [0.05, 0.1) is 23.2 Å². The highest BCUT2D eigenvalue weighted by Gasteiger charge is 2.16. The summed E-state index contributed by atoms with van der Waals surface area (Å²) in [4.78, 5) is 8.14. The molecule has 0 amide bonds. The summed E-state index contributed by atoms with van der Waals surface area (Å²) in [6, 6.07) is 18.8. The Morgan fingerprint density at radius 1 is 1.06 bits per heavy atom. The first kappa shape index (κ1) is 23.2. The second kappa shape index (κ2) is 10.3. The van der Waals surface area contributed by atoms with Crippen LogP contribution < -0.4 is 15.0 Å². The van der Waals surface area contributed by atoms with E-state index in [2.05, 4.69) is 73.7 Å². The fraction of sp³-hybridized carbons (Fsp3) is 0.200. The lowest BCUT2D eigenvalue weighted by molar-refractivity contribution is -0.375. The van der Waals surface area contributed by atoms with Crippen LogP contribution in [-0.2, 0) is 0 Å². The van der Waals surface area contributed by atoms with E-state index in [1.807, 2.05) is 43.7 Å². The number of aromatic amines is 1. The second-order valence-corrected chi connectivity index (χ2v) is 8.58. The largest absolute Gasteiger partial charge is 0.494 e. The molecule has 1 unspecified atom stereocenters. The molecule has 0 spiro atoms. The summed E-state index contributed by atoms with van der Waals surface area (Å²) in [5.74, 6) is 1.35. The van der Waals surface area contributed by atoms with E-state index in [0.717, 1.165) is 62.3 Å². The standard InChI is InChI=1S/C30H31N3O/c1-6-20(2)16-18-34-26-13-11-24(12-14-26)23-7-9-25(10-8-23)30-21(3)29(22(4)31-5)27-19-32-17-15-28(27)33-30/h6-15,17,19-20,31H,1,4,16,18H2,2-3,5H3/p+1. The molecule has 4 heteroatoms. The smallest absolute Gasteiger partial charge is 0.177 e. The first-order valence-corrected chi connectivity index (χ1v) is 11.7. The number of fused-ring (bicyclic) bond motifs is 1. The number of benzene rings is 2. The van der Waals surface area contributed by atoms with Crippen LogP contribution in [0.2, 0.25) is 0 Å². The highest BCUT2D eigenvalue weighted by Crippen LogP contribution is 2.33. The minimum atomic E-state index is 0.462. The molecular weight excluding hydrogens is 418 g/mol. The fourth-order valence-corrected chi connectivity index (χ4v) is 4.08. The third-order valence-corrected chi connectivity index (χ3v) is 6.27. The van der Waals surface area contributed by atoms with E-state index in [1.54, 1.807) is 0 Å². The van der Waals surface area contributed by atoms with E-state index < -0.39 is 0 Å². The van der Waals surface area contributed by atoms with Crippen LogP contribution in [0, 0.1) is 12.8 Å². The molecule has 4 nitrogen and oxygen atoms in total. The maximum atomic E-state index is 5.86. The first-order chi connectivity index (χ1) is 16.5. The molecule has 0 fully saturated rings. The van der Waals surface area contributed by atoms with Gasteiger partial charge in [0.1, 0.15) is 5.75 Å². The minimum Gasteiger partial charge on any atom is -0.494 e. The number of hydrogen-bond donors (Lipinski definition) is 1. The molecule has 4 rings (SSSR count). The van der Waals surface area contributed by atoms with Gasteiger partial charge in [-0.2, -0.15) is 0 Å². The molecule has 0 aliphatic heterocycles. The number of nitrogens with one attached hydrogen (secondary N) is 2. The number of H-pyrrole nitrogens is 1. The maximum Gasteiger partial charge on any atom is 0.177 e. The Balaban J connectivity index is 1.59. The number of allylic oxidation sites excluding steroid dienone is 1. The van der Waals surface area contributed by atoms with Crippen LogP contribution in [-0.4, -0.2) is 18.6 Å². The Bertz CT molecular complexity index is 1310. The van der Waals surface area contributed by atoms with Gasteiger partial charge in [-0.1, -0.05) is 56.0 Å². The van der Waals surface area contributed by atoms with Crippen molar-refractivity contribution in [2.24, 2.45) is 5.92 Å². The zero-order valence-corrected chi connectivity index (χ0v) is 20.2. The van der Waals surface area contributed by atoms with Crippen molar-refractivity contribution in [2.45, 2.75) is 20.3 Å². The van der Waals surface area contributed by atoms with Crippen molar-refractivity contribution < 1.29 is 9.72 Å². The predicted molar refractivity (Wildman–Crippen MR) is 141 cm³/mol. The molecular formula is C30H32N3O+. The van der Waals surface area contributed by atoms with Gasteiger partial charge in [-0.05, 0) is 48.1 Å². The van der Waals surface area contributed by atoms with Crippen LogP contribution in [0.5, 0.6) is 5.75 Å². The van der Waals surface area contributed by atoms with Gasteiger partial charge in [-0.3, -0.25) is 0 Å². The van der Waals surface area contributed by atoms with Crippen LogP contribution in [0.1, 0.15) is 24.5 Å². The van der Waals surface area contributed by atoms with Gasteiger partial charge in [-0.25, -0.2) is 9.97 Å². The van der Waals surface area contributed by atoms with Gasteiger partial charge in [0.15, 0.2) is 12.4 Å². The Hall–Kier alpha value is -3.92. The molecule has 0 aliphatic rings. The van der Waals surface area contributed by atoms with Gasteiger partial charge in [0.25, 0.3) is 0 Å². The number of hydrogen-bond acceptors (Lipinski definition) is 3. The summed E-state index contributed by atoms with van der Waals surface area (Å²) in [6.07, 6.45) is 6.81. The van der Waals surface area contributed by atoms with Crippen LogP contribution in [0.4, 0.5) is 0 Å². The van der Waals surface area contributed by atoms with Crippen LogP contribution in [0.25, 0.3) is 39.0 Å². The van der Waals surface area contributed by atoms with Crippen molar-refractivity contribution in [3.63, 3.8) is 0 Å². The van der Waals surface area contributed by atoms with Crippen molar-refractivity contribution in [1.29, 1.82) is 0 Å². The summed E-state index contributed by atoms with van der Waals surface area (Å²) in [5.41, 5.74) is 8.36. The number of rotatable bonds is 9. The van der Waals surface area contributed by atoms with Crippen molar-refractivity contribution in [3.05, 3.63) is 97.4 Å². The molecule has 0 aliphatic carbocycles. The number of pyridine rings is 2. The molecule has 2 aromatic carbocycles. The van der Waals surface area contributed by atoms with Crippen molar-refractivity contribution in [1.82, 2.24) is 10.3 Å². The van der Waals surface area contributed by atoms with Crippen LogP contribution >= 0.6 is 0 Å². The van der Waals surface area contributed by atoms with Gasteiger partial charge in [-0.15, -0.1) is 6.58 Å². The highest BCUT2D eigenvalue weighted by molar-refractivity contribution is 5.94. The summed E-state index contributed by atoms with van der Waals surface area (Å²) in [7, 11) is 1.90. The molecule has 0 saturated carbocycles. The number of nitrogens with zero attached hydrogens (tertiary/aromatic N) is 1. The quantitative estimate of drug-likeness (QED) is 0.297. The monoisotopic (exact) mass is 450 g/mol. The van der Waals surface area contributed by atoms with Crippen LogP contribution in [0.3, 0.4) is 0 Å². The summed E-state index contributed by atoms with van der Waals surface area (Å²) in [6.45, 7) is 13.0. The lowest BCUT2D eigenvalue weighted by Gasteiger charge is -2.15. The Morgan fingerprint density at radius 3 is 2.35 bits per heavy atom. The van der Waals surface area contributed by atoms with E-state index in [1.165, 1.54) is 0 Å². The minimum absolute atomic E-state index is 0.462. The Morgan fingerprint density at radius 2 is 1.71 bits per heavy atom. The van der Waals surface area contributed by atoms with Crippen molar-refractivity contribution in [3.8, 4) is 28.1 Å². The zero-order chi connectivity index (χ0) is 24.1. The molecule has 0 radical (unpaired) electrons. The molecule has 172 valence electrons. The lowest BCUT2D eigenvalue weighted by Crippen LogP contribution is -2.09. The van der Waals surface area contributed by atoms with E-state index in [-0.39, 0.29) is 0 Å². The van der Waals surface area contributed by atoms with E-state index in [0.29, 0.717) is 12.5 Å². The molecule has 2 aromatic heterocycles. The van der Waals surface area contributed by atoms with Crippen molar-refractivity contribution in [2.75, 3.05) is 13.7 Å². The highest BCUT2D eigenvalue weighted by atomic mass is 16.5. The van der Waals surface area contributed by atoms with Gasteiger partial charge < -0.3 is 10.1 Å². The van der Waals surface area contributed by atoms with E-state index in [4.69, 9.17) is 9.72 Å². The SMILES string of the molecule is C=CC(C)CCOc1ccc(-c2ccc(-c3nc4cc[nH+]cc4c(C(=C)NC)c3C)cc2)cc1. The predicted octanol–water partition coefficient (Wildman–Crippen LogP) is 6.47.